The zero-order valence-electron chi connectivity index (χ0n) is 11.1. The average Bonchev–Trinajstić information content (AvgIpc) is 2.94. The highest BCUT2D eigenvalue weighted by Crippen LogP contribution is 2.40. The molecule has 106 valence electrons. The average molecular weight is 289 g/mol. The fourth-order valence-corrected chi connectivity index (χ4v) is 2.09. The van der Waals surface area contributed by atoms with Crippen LogP contribution in [0.4, 0.5) is 0 Å². The largest absolute Gasteiger partial charge is 0.496 e. The lowest BCUT2D eigenvalue weighted by molar-refractivity contribution is -0.0581. The Morgan fingerprint density at radius 2 is 1.74 bits per heavy atom. The molecule has 6 heteroatoms. The zero-order valence-corrected chi connectivity index (χ0v) is 11.9. The van der Waals surface area contributed by atoms with Crippen molar-refractivity contribution in [2.24, 2.45) is 0 Å². The number of methoxy groups -OCH3 is 3. The molecule has 1 aromatic rings. The zero-order chi connectivity index (χ0) is 13.8. The molecule has 2 unspecified atom stereocenters. The van der Waals surface area contributed by atoms with Crippen molar-refractivity contribution in [2.45, 2.75) is 12.4 Å². The lowest BCUT2D eigenvalue weighted by Gasteiger charge is -2.17. The first-order valence-electron chi connectivity index (χ1n) is 5.86. The third-order valence-corrected chi connectivity index (χ3v) is 3.26. The highest BCUT2D eigenvalue weighted by atomic mass is 35.5. The van der Waals surface area contributed by atoms with Gasteiger partial charge in [0.05, 0.1) is 45.5 Å². The first-order chi connectivity index (χ1) is 9.23. The molecule has 1 saturated heterocycles. The Balaban J connectivity index is 2.33. The van der Waals surface area contributed by atoms with Gasteiger partial charge in [-0.25, -0.2) is 0 Å². The van der Waals surface area contributed by atoms with Gasteiger partial charge in [-0.05, 0) is 6.07 Å². The van der Waals surface area contributed by atoms with Gasteiger partial charge in [0.1, 0.15) is 5.75 Å². The predicted molar refractivity (Wildman–Crippen MR) is 70.4 cm³/mol. The molecule has 19 heavy (non-hydrogen) atoms. The monoisotopic (exact) mass is 288 g/mol. The second-order valence-electron chi connectivity index (χ2n) is 4.03. The van der Waals surface area contributed by atoms with Gasteiger partial charge in [0, 0.05) is 6.07 Å². The summed E-state index contributed by atoms with van der Waals surface area (Å²) in [5.41, 5.74) is 0.757. The molecule has 0 radical (unpaired) electrons. The summed E-state index contributed by atoms with van der Waals surface area (Å²) in [6, 6.07) is 3.54. The maximum absolute atomic E-state index is 5.76. The van der Waals surface area contributed by atoms with Crippen LogP contribution in [-0.2, 0) is 9.47 Å². The molecule has 0 N–H and O–H groups in total. The molecule has 1 fully saturated rings. The molecule has 0 saturated carbocycles. The Kier molecular flexibility index (Phi) is 4.74. The molecule has 1 aromatic carbocycles. The van der Waals surface area contributed by atoms with E-state index in [0.29, 0.717) is 29.7 Å². The third-order valence-electron chi connectivity index (χ3n) is 2.91. The molecule has 1 aliphatic rings. The summed E-state index contributed by atoms with van der Waals surface area (Å²) in [5.74, 6) is 2.21. The summed E-state index contributed by atoms with van der Waals surface area (Å²) >= 11 is 5.76. The van der Waals surface area contributed by atoms with Crippen molar-refractivity contribution < 1.29 is 23.7 Å². The quantitative estimate of drug-likeness (QED) is 0.779. The number of hydrogen-bond acceptors (Lipinski definition) is 5. The van der Waals surface area contributed by atoms with Crippen LogP contribution in [0.5, 0.6) is 17.2 Å². The maximum atomic E-state index is 5.76. The van der Waals surface area contributed by atoms with E-state index in [9.17, 15) is 0 Å². The Labute approximate surface area is 117 Å². The van der Waals surface area contributed by atoms with Crippen LogP contribution >= 0.6 is 11.6 Å². The molecule has 0 amide bonds. The highest BCUT2D eigenvalue weighted by molar-refractivity contribution is 6.18. The van der Waals surface area contributed by atoms with Crippen LogP contribution in [0.1, 0.15) is 11.9 Å². The van der Waals surface area contributed by atoms with Crippen LogP contribution in [0.3, 0.4) is 0 Å². The standard InChI is InChI=1S/C13H17ClO5/c1-15-10-5-12(17-3)11(16-2)4-9(10)13-18-7-8(6-14)19-13/h4-5,8,13H,6-7H2,1-3H3. The summed E-state index contributed by atoms with van der Waals surface area (Å²) in [6.45, 7) is 0.464. The van der Waals surface area contributed by atoms with Crippen LogP contribution in [-0.4, -0.2) is 39.9 Å². The van der Waals surface area contributed by atoms with Crippen LogP contribution in [0.25, 0.3) is 0 Å². The molecule has 1 aliphatic heterocycles. The van der Waals surface area contributed by atoms with Gasteiger partial charge in [-0.2, -0.15) is 0 Å². The third kappa shape index (κ3) is 2.88. The molecular formula is C13H17ClO5. The number of rotatable bonds is 5. The summed E-state index contributed by atoms with van der Waals surface area (Å²) < 4.78 is 27.1. The Morgan fingerprint density at radius 3 is 2.26 bits per heavy atom. The minimum absolute atomic E-state index is 0.107. The molecule has 5 nitrogen and oxygen atoms in total. The Bertz CT molecular complexity index is 437. The normalized spacial score (nSPS) is 22.3. The van der Waals surface area contributed by atoms with Crippen molar-refractivity contribution in [1.29, 1.82) is 0 Å². The first-order valence-corrected chi connectivity index (χ1v) is 6.39. The number of halogens is 1. The van der Waals surface area contributed by atoms with E-state index in [1.54, 1.807) is 33.5 Å². The molecular weight excluding hydrogens is 272 g/mol. The van der Waals surface area contributed by atoms with Gasteiger partial charge in [0.2, 0.25) is 0 Å². The minimum atomic E-state index is -0.501. The van der Waals surface area contributed by atoms with Gasteiger partial charge >= 0.3 is 0 Å². The molecule has 2 atom stereocenters. The molecule has 0 aliphatic carbocycles. The molecule has 2 rings (SSSR count). The van der Waals surface area contributed by atoms with Gasteiger partial charge < -0.3 is 23.7 Å². The van der Waals surface area contributed by atoms with Crippen molar-refractivity contribution in [2.75, 3.05) is 33.8 Å². The number of hydrogen-bond donors (Lipinski definition) is 0. The molecule has 0 aromatic heterocycles. The topological polar surface area (TPSA) is 46.2 Å². The fraction of sp³-hybridized carbons (Fsp3) is 0.538. The number of benzene rings is 1. The SMILES string of the molecule is COc1cc(OC)c(C2OCC(CCl)O2)cc1OC. The van der Waals surface area contributed by atoms with Crippen LogP contribution in [0.2, 0.25) is 0 Å². The van der Waals surface area contributed by atoms with E-state index in [0.717, 1.165) is 5.56 Å². The highest BCUT2D eigenvalue weighted by Gasteiger charge is 2.30. The van der Waals surface area contributed by atoms with E-state index >= 15 is 0 Å². The van der Waals surface area contributed by atoms with Gasteiger partial charge in [0.15, 0.2) is 17.8 Å². The number of alkyl halides is 1. The molecule has 0 bridgehead atoms. The lowest BCUT2D eigenvalue weighted by Crippen LogP contribution is -2.11. The Hall–Kier alpha value is -1.17. The second kappa shape index (κ2) is 6.32. The summed E-state index contributed by atoms with van der Waals surface area (Å²) in [7, 11) is 4.73. The van der Waals surface area contributed by atoms with E-state index in [1.165, 1.54) is 0 Å². The summed E-state index contributed by atoms with van der Waals surface area (Å²) in [5, 5.41) is 0. The van der Waals surface area contributed by atoms with Gasteiger partial charge in [0.25, 0.3) is 0 Å². The van der Waals surface area contributed by atoms with Crippen molar-refractivity contribution in [1.82, 2.24) is 0 Å². The first kappa shape index (κ1) is 14.2. The second-order valence-corrected chi connectivity index (χ2v) is 4.34. The van der Waals surface area contributed by atoms with Crippen molar-refractivity contribution in [3.05, 3.63) is 17.7 Å². The van der Waals surface area contributed by atoms with Crippen molar-refractivity contribution in [3.8, 4) is 17.2 Å². The van der Waals surface area contributed by atoms with Crippen LogP contribution in [0.15, 0.2) is 12.1 Å². The van der Waals surface area contributed by atoms with Gasteiger partial charge in [-0.15, -0.1) is 11.6 Å². The van der Waals surface area contributed by atoms with Crippen LogP contribution < -0.4 is 14.2 Å². The molecule has 0 spiro atoms. The molecule has 1 heterocycles. The Morgan fingerprint density at radius 1 is 1.11 bits per heavy atom. The van der Waals surface area contributed by atoms with Crippen molar-refractivity contribution >= 4 is 11.6 Å². The smallest absolute Gasteiger partial charge is 0.188 e. The van der Waals surface area contributed by atoms with Crippen LogP contribution in [0, 0.1) is 0 Å². The summed E-state index contributed by atoms with van der Waals surface area (Å²) in [6.07, 6.45) is -0.608. The van der Waals surface area contributed by atoms with Crippen molar-refractivity contribution in [3.63, 3.8) is 0 Å². The van der Waals surface area contributed by atoms with E-state index in [1.807, 2.05) is 0 Å². The van der Waals surface area contributed by atoms with E-state index in [2.05, 4.69) is 0 Å². The van der Waals surface area contributed by atoms with E-state index in [4.69, 9.17) is 35.3 Å². The maximum Gasteiger partial charge on any atom is 0.188 e. The van der Waals surface area contributed by atoms with E-state index < -0.39 is 6.29 Å². The number of ether oxygens (including phenoxy) is 5. The lowest BCUT2D eigenvalue weighted by atomic mass is 10.1. The predicted octanol–water partition coefficient (Wildman–Crippen LogP) is 2.37. The van der Waals surface area contributed by atoms with Gasteiger partial charge in [-0.1, -0.05) is 0 Å². The van der Waals surface area contributed by atoms with E-state index in [-0.39, 0.29) is 6.10 Å². The fourth-order valence-electron chi connectivity index (χ4n) is 1.93. The van der Waals surface area contributed by atoms with Gasteiger partial charge in [-0.3, -0.25) is 0 Å². The minimum Gasteiger partial charge on any atom is -0.496 e. The summed E-state index contributed by atoms with van der Waals surface area (Å²) in [4.78, 5) is 0.